The highest BCUT2D eigenvalue weighted by Gasteiger charge is 2.43. The van der Waals surface area contributed by atoms with Gasteiger partial charge in [0.1, 0.15) is 5.60 Å². The molecule has 2 heteroatoms. The highest BCUT2D eigenvalue weighted by atomic mass is 16.6. The second-order valence-corrected chi connectivity index (χ2v) is 6.16. The Morgan fingerprint density at radius 3 is 2.76 bits per heavy atom. The first kappa shape index (κ1) is 12.2. The van der Waals surface area contributed by atoms with Gasteiger partial charge in [0.15, 0.2) is 0 Å². The first-order valence-corrected chi connectivity index (χ1v) is 6.28. The first-order chi connectivity index (χ1) is 7.89. The molecule has 2 saturated carbocycles. The van der Waals surface area contributed by atoms with Crippen LogP contribution < -0.4 is 0 Å². The van der Waals surface area contributed by atoms with E-state index in [9.17, 15) is 4.79 Å². The van der Waals surface area contributed by atoms with Crippen LogP contribution in [0, 0.1) is 30.1 Å². The normalized spacial score (nSPS) is 33.8. The molecule has 0 aromatic rings. The molecule has 2 aliphatic rings. The van der Waals surface area contributed by atoms with Crippen LogP contribution >= 0.6 is 0 Å². The topological polar surface area (TPSA) is 26.3 Å². The number of allylic oxidation sites excluding steroid dienone is 1. The minimum Gasteiger partial charge on any atom is -0.457 e. The van der Waals surface area contributed by atoms with E-state index in [1.165, 1.54) is 5.57 Å². The molecule has 0 heterocycles. The van der Waals surface area contributed by atoms with Crippen LogP contribution in [0.5, 0.6) is 0 Å². The fourth-order valence-corrected chi connectivity index (χ4v) is 2.88. The highest BCUT2D eigenvalue weighted by molar-refractivity contribution is 5.83. The van der Waals surface area contributed by atoms with Gasteiger partial charge < -0.3 is 4.74 Å². The quantitative estimate of drug-likeness (QED) is 0.395. The van der Waals surface area contributed by atoms with Crippen molar-refractivity contribution in [3.05, 3.63) is 11.6 Å². The van der Waals surface area contributed by atoms with E-state index < -0.39 is 5.60 Å². The molecule has 17 heavy (non-hydrogen) atoms. The fraction of sp³-hybridized carbons (Fsp3) is 0.667. The van der Waals surface area contributed by atoms with Crippen molar-refractivity contribution in [2.45, 2.75) is 45.6 Å². The van der Waals surface area contributed by atoms with E-state index in [0.29, 0.717) is 17.8 Å². The largest absolute Gasteiger partial charge is 0.457 e. The molecule has 2 aliphatic carbocycles. The van der Waals surface area contributed by atoms with Gasteiger partial charge in [0.25, 0.3) is 0 Å². The highest BCUT2D eigenvalue weighted by Crippen LogP contribution is 2.52. The van der Waals surface area contributed by atoms with Crippen molar-refractivity contribution >= 4 is 5.97 Å². The summed E-state index contributed by atoms with van der Waals surface area (Å²) < 4.78 is 5.29. The van der Waals surface area contributed by atoms with Crippen molar-refractivity contribution in [2.75, 3.05) is 0 Å². The fourth-order valence-electron chi connectivity index (χ4n) is 2.88. The molecule has 0 N–H and O–H groups in total. The van der Waals surface area contributed by atoms with Crippen molar-refractivity contribution in [1.29, 1.82) is 0 Å². The van der Waals surface area contributed by atoms with Gasteiger partial charge in [-0.25, -0.2) is 4.79 Å². The molecule has 2 fully saturated rings. The van der Waals surface area contributed by atoms with Crippen LogP contribution in [-0.4, -0.2) is 11.6 Å². The van der Waals surface area contributed by atoms with E-state index in [1.807, 2.05) is 20.8 Å². The molecule has 2 nitrogen and oxygen atoms in total. The Balaban J connectivity index is 1.94. The third-order valence-electron chi connectivity index (χ3n) is 3.61. The number of carbonyl (C=O) groups excluding carboxylic acids is 1. The predicted molar refractivity (Wildman–Crippen MR) is 67.1 cm³/mol. The summed E-state index contributed by atoms with van der Waals surface area (Å²) in [5.74, 6) is 4.29. The van der Waals surface area contributed by atoms with Crippen LogP contribution in [0.2, 0.25) is 0 Å². The van der Waals surface area contributed by atoms with Crippen molar-refractivity contribution in [1.82, 2.24) is 0 Å². The summed E-state index contributed by atoms with van der Waals surface area (Å²) in [5.41, 5.74) is 0.830. The smallest absolute Gasteiger partial charge is 0.331 e. The zero-order valence-electron chi connectivity index (χ0n) is 10.8. The monoisotopic (exact) mass is 232 g/mol. The van der Waals surface area contributed by atoms with Gasteiger partial charge in [0.2, 0.25) is 0 Å². The molecular formula is C15H20O2. The Hall–Kier alpha value is -1.23. The van der Waals surface area contributed by atoms with E-state index in [4.69, 9.17) is 11.2 Å². The lowest BCUT2D eigenvalue weighted by atomic mass is 9.71. The molecule has 92 valence electrons. The lowest BCUT2D eigenvalue weighted by Gasteiger charge is -2.34. The summed E-state index contributed by atoms with van der Waals surface area (Å²) in [6.07, 6.45) is 10.4. The molecule has 0 radical (unpaired) electrons. The van der Waals surface area contributed by atoms with Crippen LogP contribution in [-0.2, 0) is 9.53 Å². The maximum atomic E-state index is 11.7. The number of carbonyl (C=O) groups is 1. The second kappa shape index (κ2) is 4.22. The number of ether oxygens (including phenoxy) is 1. The zero-order valence-corrected chi connectivity index (χ0v) is 10.8. The SMILES string of the molecule is C#C[C@@H]1C[C@@H]2CC(=CC(=O)OC(C)(C)C)[C@@H]2C1. The summed E-state index contributed by atoms with van der Waals surface area (Å²) in [4.78, 5) is 11.7. The number of terminal acetylenes is 1. The van der Waals surface area contributed by atoms with Crippen LogP contribution in [0.1, 0.15) is 40.0 Å². The zero-order chi connectivity index (χ0) is 12.6. The van der Waals surface area contributed by atoms with E-state index >= 15 is 0 Å². The van der Waals surface area contributed by atoms with Gasteiger partial charge in [-0.2, -0.15) is 0 Å². The summed E-state index contributed by atoms with van der Waals surface area (Å²) >= 11 is 0. The van der Waals surface area contributed by atoms with Crippen LogP contribution in [0.4, 0.5) is 0 Å². The minimum atomic E-state index is -0.408. The summed E-state index contributed by atoms with van der Waals surface area (Å²) in [6.45, 7) is 5.66. The van der Waals surface area contributed by atoms with Gasteiger partial charge in [0.05, 0.1) is 0 Å². The Bertz CT molecular complexity index is 392. The second-order valence-electron chi connectivity index (χ2n) is 6.16. The predicted octanol–water partition coefficient (Wildman–Crippen LogP) is 2.93. The molecule has 0 aromatic carbocycles. The van der Waals surface area contributed by atoms with Gasteiger partial charge in [0, 0.05) is 12.0 Å². The number of fused-ring (bicyclic) bond motifs is 1. The lowest BCUT2D eigenvalue weighted by Crippen LogP contribution is -2.27. The number of esters is 1. The molecule has 0 spiro atoms. The van der Waals surface area contributed by atoms with Gasteiger partial charge in [-0.05, 0) is 51.9 Å². The van der Waals surface area contributed by atoms with Crippen molar-refractivity contribution in [3.8, 4) is 12.3 Å². The molecule has 2 rings (SSSR count). The average Bonchev–Trinajstić information content (AvgIpc) is 2.49. The third kappa shape index (κ3) is 2.72. The van der Waals surface area contributed by atoms with Crippen molar-refractivity contribution < 1.29 is 9.53 Å². The van der Waals surface area contributed by atoms with Gasteiger partial charge >= 0.3 is 5.97 Å². The molecule has 0 amide bonds. The summed E-state index contributed by atoms with van der Waals surface area (Å²) in [5, 5.41) is 0. The van der Waals surface area contributed by atoms with Gasteiger partial charge in [-0.15, -0.1) is 12.3 Å². The van der Waals surface area contributed by atoms with Crippen LogP contribution in [0.25, 0.3) is 0 Å². The molecule has 0 saturated heterocycles. The van der Waals surface area contributed by atoms with Crippen LogP contribution in [0.3, 0.4) is 0 Å². The van der Waals surface area contributed by atoms with Crippen molar-refractivity contribution in [3.63, 3.8) is 0 Å². The molecule has 0 aliphatic heterocycles. The maximum Gasteiger partial charge on any atom is 0.331 e. The molecule has 0 unspecified atom stereocenters. The molecular weight excluding hydrogens is 212 g/mol. The van der Waals surface area contributed by atoms with E-state index in [0.717, 1.165) is 19.3 Å². The Kier molecular flexibility index (Phi) is 3.03. The summed E-state index contributed by atoms with van der Waals surface area (Å²) in [7, 11) is 0. The average molecular weight is 232 g/mol. The van der Waals surface area contributed by atoms with E-state index in [2.05, 4.69) is 5.92 Å². The third-order valence-corrected chi connectivity index (χ3v) is 3.61. The lowest BCUT2D eigenvalue weighted by molar-refractivity contribution is -0.148. The number of hydrogen-bond acceptors (Lipinski definition) is 2. The minimum absolute atomic E-state index is 0.213. The van der Waals surface area contributed by atoms with Gasteiger partial charge in [-0.3, -0.25) is 0 Å². The molecule has 0 aromatic heterocycles. The maximum absolute atomic E-state index is 11.7. The first-order valence-electron chi connectivity index (χ1n) is 6.28. The van der Waals surface area contributed by atoms with E-state index in [-0.39, 0.29) is 5.97 Å². The number of hydrogen-bond donors (Lipinski definition) is 0. The Morgan fingerprint density at radius 1 is 1.47 bits per heavy atom. The Labute approximate surface area is 103 Å². The van der Waals surface area contributed by atoms with Crippen LogP contribution in [0.15, 0.2) is 11.6 Å². The Morgan fingerprint density at radius 2 is 2.18 bits per heavy atom. The van der Waals surface area contributed by atoms with E-state index in [1.54, 1.807) is 6.08 Å². The summed E-state index contributed by atoms with van der Waals surface area (Å²) in [6, 6.07) is 0. The van der Waals surface area contributed by atoms with Crippen molar-refractivity contribution in [2.24, 2.45) is 17.8 Å². The standard InChI is InChI=1S/C15H20O2/c1-5-10-6-11-8-12(13(11)7-10)9-14(16)17-15(2,3)4/h1,9-11,13H,6-8H2,2-4H3/t10-,11-,13-/m1/s1. The molecule has 0 bridgehead atoms. The molecule has 3 atom stereocenters. The number of rotatable bonds is 1. The van der Waals surface area contributed by atoms with Gasteiger partial charge in [-0.1, -0.05) is 5.57 Å².